The number of benzene rings is 1. The van der Waals surface area contributed by atoms with Crippen LogP contribution in [0.4, 0.5) is 4.79 Å². The SMILES string of the molecule is CN(C)C(=O)Oc1cccc([C@@H]2CC[C@@H]3CCCC[C@H]3N2C)c1. The van der Waals surface area contributed by atoms with E-state index in [1.807, 2.05) is 18.2 Å². The Kier molecular flexibility index (Phi) is 4.90. The zero-order valence-corrected chi connectivity index (χ0v) is 14.5. The van der Waals surface area contributed by atoms with Gasteiger partial charge in [-0.15, -0.1) is 0 Å². The van der Waals surface area contributed by atoms with Crippen LogP contribution < -0.4 is 4.74 Å². The maximum Gasteiger partial charge on any atom is 0.414 e. The van der Waals surface area contributed by atoms with Gasteiger partial charge in [0, 0.05) is 26.2 Å². The van der Waals surface area contributed by atoms with Gasteiger partial charge in [0.05, 0.1) is 0 Å². The fourth-order valence-corrected chi connectivity index (χ4v) is 4.25. The average Bonchev–Trinajstić information content (AvgIpc) is 2.55. The van der Waals surface area contributed by atoms with Crippen LogP contribution in [0.2, 0.25) is 0 Å². The summed E-state index contributed by atoms with van der Waals surface area (Å²) in [5.41, 5.74) is 1.26. The van der Waals surface area contributed by atoms with E-state index in [0.717, 1.165) is 12.0 Å². The maximum absolute atomic E-state index is 11.7. The molecule has 3 rings (SSSR count). The van der Waals surface area contributed by atoms with Crippen LogP contribution in [0.5, 0.6) is 5.75 Å². The first-order valence-electron chi connectivity index (χ1n) is 8.77. The summed E-state index contributed by atoms with van der Waals surface area (Å²) in [5, 5.41) is 0. The van der Waals surface area contributed by atoms with Crippen molar-refractivity contribution in [3.8, 4) is 5.75 Å². The van der Waals surface area contributed by atoms with Crippen molar-refractivity contribution in [1.82, 2.24) is 9.80 Å². The predicted octanol–water partition coefficient (Wildman–Crippen LogP) is 4.07. The minimum Gasteiger partial charge on any atom is -0.410 e. The Bertz CT molecular complexity index is 558. The van der Waals surface area contributed by atoms with E-state index in [-0.39, 0.29) is 6.09 Å². The standard InChI is InChI=1S/C19H28N2O2/c1-20(2)19(22)23-16-9-6-8-15(13-16)18-12-11-14-7-4-5-10-17(14)21(18)3/h6,8-9,13-14,17-18H,4-5,7,10-12H2,1-3H3/t14-,17+,18-/m0/s1. The van der Waals surface area contributed by atoms with Crippen LogP contribution >= 0.6 is 0 Å². The Labute approximate surface area is 139 Å². The summed E-state index contributed by atoms with van der Waals surface area (Å²) < 4.78 is 5.42. The Morgan fingerprint density at radius 1 is 1.17 bits per heavy atom. The maximum atomic E-state index is 11.7. The van der Waals surface area contributed by atoms with E-state index in [0.29, 0.717) is 11.8 Å². The predicted molar refractivity (Wildman–Crippen MR) is 91.6 cm³/mol. The van der Waals surface area contributed by atoms with Gasteiger partial charge < -0.3 is 9.64 Å². The van der Waals surface area contributed by atoms with Crippen LogP contribution in [-0.4, -0.2) is 43.1 Å². The second-order valence-electron chi connectivity index (χ2n) is 7.21. The van der Waals surface area contributed by atoms with Gasteiger partial charge in [0.15, 0.2) is 0 Å². The molecule has 2 aliphatic rings. The molecule has 0 unspecified atom stereocenters. The minimum absolute atomic E-state index is 0.327. The summed E-state index contributed by atoms with van der Waals surface area (Å²) in [6.07, 6.45) is 7.67. The molecular formula is C19H28N2O2. The van der Waals surface area contributed by atoms with Gasteiger partial charge in [0.2, 0.25) is 0 Å². The zero-order chi connectivity index (χ0) is 16.4. The first-order valence-corrected chi connectivity index (χ1v) is 8.77. The van der Waals surface area contributed by atoms with Crippen LogP contribution in [0.25, 0.3) is 0 Å². The summed E-state index contributed by atoms with van der Waals surface area (Å²) in [7, 11) is 5.67. The van der Waals surface area contributed by atoms with Gasteiger partial charge in [0.1, 0.15) is 5.75 Å². The number of carbonyl (C=O) groups excluding carboxylic acids is 1. The molecule has 1 saturated carbocycles. The van der Waals surface area contributed by atoms with E-state index in [1.54, 1.807) is 14.1 Å². The number of piperidine rings is 1. The van der Waals surface area contributed by atoms with E-state index >= 15 is 0 Å². The Morgan fingerprint density at radius 2 is 1.96 bits per heavy atom. The molecule has 1 saturated heterocycles. The quantitative estimate of drug-likeness (QED) is 0.824. The fraction of sp³-hybridized carbons (Fsp3) is 0.632. The lowest BCUT2D eigenvalue weighted by Gasteiger charge is -2.47. The van der Waals surface area contributed by atoms with Gasteiger partial charge >= 0.3 is 6.09 Å². The van der Waals surface area contributed by atoms with E-state index in [2.05, 4.69) is 18.0 Å². The number of ether oxygens (including phenoxy) is 1. The van der Waals surface area contributed by atoms with Crippen LogP contribution in [0.15, 0.2) is 24.3 Å². The summed E-state index contributed by atoms with van der Waals surface area (Å²) in [6, 6.07) is 9.21. The number of likely N-dealkylation sites (tertiary alicyclic amines) is 1. The number of hydrogen-bond donors (Lipinski definition) is 0. The molecule has 1 amide bonds. The Hall–Kier alpha value is -1.55. The first kappa shape index (κ1) is 16.3. The normalized spacial score (nSPS) is 28.0. The molecule has 4 nitrogen and oxygen atoms in total. The molecule has 1 aliphatic carbocycles. The smallest absolute Gasteiger partial charge is 0.410 e. The van der Waals surface area contributed by atoms with Gasteiger partial charge in [-0.3, -0.25) is 4.90 Å². The largest absolute Gasteiger partial charge is 0.414 e. The van der Waals surface area contributed by atoms with Crippen molar-refractivity contribution in [2.24, 2.45) is 5.92 Å². The molecule has 2 fully saturated rings. The van der Waals surface area contributed by atoms with E-state index in [9.17, 15) is 4.79 Å². The second kappa shape index (κ2) is 6.91. The number of nitrogens with zero attached hydrogens (tertiary/aromatic N) is 2. The van der Waals surface area contributed by atoms with E-state index < -0.39 is 0 Å². The summed E-state index contributed by atoms with van der Waals surface area (Å²) >= 11 is 0. The highest BCUT2D eigenvalue weighted by Crippen LogP contribution is 2.42. The third-order valence-corrected chi connectivity index (χ3v) is 5.51. The average molecular weight is 316 g/mol. The molecule has 1 aliphatic heterocycles. The summed E-state index contributed by atoms with van der Waals surface area (Å²) in [4.78, 5) is 15.8. The minimum atomic E-state index is -0.327. The number of rotatable bonds is 2. The van der Waals surface area contributed by atoms with E-state index in [4.69, 9.17) is 4.74 Å². The highest BCUT2D eigenvalue weighted by molar-refractivity contribution is 5.70. The molecule has 0 aromatic heterocycles. The Balaban J connectivity index is 1.75. The van der Waals surface area contributed by atoms with Crippen molar-refractivity contribution in [2.75, 3.05) is 21.1 Å². The van der Waals surface area contributed by atoms with Crippen molar-refractivity contribution < 1.29 is 9.53 Å². The molecule has 1 aromatic rings. The highest BCUT2D eigenvalue weighted by atomic mass is 16.6. The number of amides is 1. The number of hydrogen-bond acceptors (Lipinski definition) is 3. The Morgan fingerprint density at radius 3 is 2.74 bits per heavy atom. The van der Waals surface area contributed by atoms with Crippen molar-refractivity contribution in [2.45, 2.75) is 50.6 Å². The first-order chi connectivity index (χ1) is 11.1. The van der Waals surface area contributed by atoms with Gasteiger partial charge in [-0.25, -0.2) is 4.79 Å². The summed E-state index contributed by atoms with van der Waals surface area (Å²) in [6.45, 7) is 0. The van der Waals surface area contributed by atoms with Crippen LogP contribution in [-0.2, 0) is 0 Å². The lowest BCUT2D eigenvalue weighted by atomic mass is 9.75. The highest BCUT2D eigenvalue weighted by Gasteiger charge is 2.36. The zero-order valence-electron chi connectivity index (χ0n) is 14.5. The van der Waals surface area contributed by atoms with Gasteiger partial charge in [0.25, 0.3) is 0 Å². The molecule has 23 heavy (non-hydrogen) atoms. The van der Waals surface area contributed by atoms with Crippen molar-refractivity contribution in [3.05, 3.63) is 29.8 Å². The molecule has 0 radical (unpaired) electrons. The number of fused-ring (bicyclic) bond motifs is 1. The summed E-state index contributed by atoms with van der Waals surface area (Å²) in [5.74, 6) is 1.51. The monoisotopic (exact) mass is 316 g/mol. The number of carbonyl (C=O) groups is 1. The lowest BCUT2D eigenvalue weighted by molar-refractivity contribution is 0.0363. The topological polar surface area (TPSA) is 32.8 Å². The third-order valence-electron chi connectivity index (χ3n) is 5.51. The molecule has 0 bridgehead atoms. The molecule has 126 valence electrons. The molecule has 3 atom stereocenters. The lowest BCUT2D eigenvalue weighted by Crippen LogP contribution is -2.46. The van der Waals surface area contributed by atoms with Crippen molar-refractivity contribution >= 4 is 6.09 Å². The molecule has 4 heteroatoms. The second-order valence-corrected chi connectivity index (χ2v) is 7.21. The molecule has 0 N–H and O–H groups in total. The fourth-order valence-electron chi connectivity index (χ4n) is 4.25. The van der Waals surface area contributed by atoms with Crippen LogP contribution in [0, 0.1) is 5.92 Å². The van der Waals surface area contributed by atoms with Crippen molar-refractivity contribution in [1.29, 1.82) is 0 Å². The molecule has 1 heterocycles. The van der Waals surface area contributed by atoms with E-state index in [1.165, 1.54) is 49.0 Å². The van der Waals surface area contributed by atoms with Crippen LogP contribution in [0.3, 0.4) is 0 Å². The van der Waals surface area contributed by atoms with Gasteiger partial charge in [-0.1, -0.05) is 25.0 Å². The molecule has 0 spiro atoms. The van der Waals surface area contributed by atoms with Gasteiger partial charge in [-0.2, -0.15) is 0 Å². The van der Waals surface area contributed by atoms with Crippen molar-refractivity contribution in [3.63, 3.8) is 0 Å². The molecule has 1 aromatic carbocycles. The third kappa shape index (κ3) is 3.52. The van der Waals surface area contributed by atoms with Crippen LogP contribution in [0.1, 0.15) is 50.1 Å². The van der Waals surface area contributed by atoms with Gasteiger partial charge in [-0.05, 0) is 56.3 Å². The molecular weight excluding hydrogens is 288 g/mol.